The van der Waals surface area contributed by atoms with Crippen molar-refractivity contribution < 1.29 is 27.6 Å². The van der Waals surface area contributed by atoms with Crippen molar-refractivity contribution in [2.24, 2.45) is 0 Å². The number of hydrogen-bond donors (Lipinski definition) is 1. The number of nitrogens with zero attached hydrogens (tertiary/aromatic N) is 2. The van der Waals surface area contributed by atoms with Crippen LogP contribution in [0.25, 0.3) is 0 Å². The Kier molecular flexibility index (Phi) is 6.41. The molecular weight excluding hydrogens is 379 g/mol. The van der Waals surface area contributed by atoms with Crippen LogP contribution in [0.15, 0.2) is 18.2 Å². The molecule has 2 rings (SSSR count). The number of benzene rings is 1. The zero-order chi connectivity index (χ0) is 21.1. The van der Waals surface area contributed by atoms with E-state index in [4.69, 9.17) is 4.74 Å². The normalized spacial score (nSPS) is 17.9. The van der Waals surface area contributed by atoms with E-state index in [9.17, 15) is 28.1 Å². The molecule has 1 fully saturated rings. The van der Waals surface area contributed by atoms with Crippen molar-refractivity contribution in [3.63, 3.8) is 0 Å². The van der Waals surface area contributed by atoms with E-state index in [2.05, 4.69) is 5.32 Å². The molecule has 1 saturated heterocycles. The molecule has 1 aromatic carbocycles. The summed E-state index contributed by atoms with van der Waals surface area (Å²) in [7, 11) is 0. The maximum absolute atomic E-state index is 13.3. The van der Waals surface area contributed by atoms with Crippen LogP contribution in [0.4, 0.5) is 29.3 Å². The third-order valence-electron chi connectivity index (χ3n) is 4.31. The molecule has 0 spiro atoms. The minimum absolute atomic E-state index is 0.0484. The molecule has 156 valence electrons. The lowest BCUT2D eigenvalue weighted by atomic mass is 10.0. The molecule has 1 N–H and O–H groups in total. The van der Waals surface area contributed by atoms with Gasteiger partial charge in [-0.2, -0.15) is 13.2 Å². The Morgan fingerprint density at radius 1 is 1.32 bits per heavy atom. The number of anilines is 1. The number of ether oxygens (including phenoxy) is 1. The van der Waals surface area contributed by atoms with Crippen molar-refractivity contribution in [3.8, 4) is 0 Å². The Balaban J connectivity index is 2.24. The molecule has 0 bridgehead atoms. The predicted molar refractivity (Wildman–Crippen MR) is 97.2 cm³/mol. The molecule has 1 aliphatic heterocycles. The molecule has 1 aromatic rings. The fraction of sp³-hybridized carbons (Fsp3) is 0.611. The van der Waals surface area contributed by atoms with E-state index in [1.165, 1.54) is 4.90 Å². The number of amides is 1. The second kappa shape index (κ2) is 8.24. The molecule has 0 saturated carbocycles. The lowest BCUT2D eigenvalue weighted by Gasteiger charge is -2.37. The number of nitro groups is 1. The largest absolute Gasteiger partial charge is 0.444 e. The van der Waals surface area contributed by atoms with Crippen LogP contribution in [-0.4, -0.2) is 40.6 Å². The van der Waals surface area contributed by atoms with Gasteiger partial charge in [0.15, 0.2) is 0 Å². The standard InChI is InChI=1S/C18H24F3N3O4/c1-17(2,3)28-16(25)23-10-5-4-7-12(23)11-22-15-13(18(19,20)21)8-6-9-14(15)24(26)27/h6,8-9,12,22H,4-5,7,10-11H2,1-3H3. The SMILES string of the molecule is CC(C)(C)OC(=O)N1CCCCC1CNc1c([N+](=O)[O-])cccc1C(F)(F)F. The Labute approximate surface area is 161 Å². The van der Waals surface area contributed by atoms with Gasteiger partial charge < -0.3 is 15.0 Å². The Morgan fingerprint density at radius 3 is 2.57 bits per heavy atom. The van der Waals surface area contributed by atoms with Crippen LogP contribution in [0.2, 0.25) is 0 Å². The lowest BCUT2D eigenvalue weighted by Crippen LogP contribution is -2.49. The number of rotatable bonds is 4. The first-order valence-corrected chi connectivity index (χ1v) is 8.98. The van der Waals surface area contributed by atoms with E-state index >= 15 is 0 Å². The molecule has 10 heteroatoms. The second-order valence-electron chi connectivity index (χ2n) is 7.66. The average molecular weight is 403 g/mol. The van der Waals surface area contributed by atoms with Gasteiger partial charge in [0.25, 0.3) is 5.69 Å². The number of hydrogen-bond acceptors (Lipinski definition) is 5. The summed E-state index contributed by atoms with van der Waals surface area (Å²) in [5.41, 5.74) is -3.06. The monoisotopic (exact) mass is 403 g/mol. The lowest BCUT2D eigenvalue weighted by molar-refractivity contribution is -0.384. The third-order valence-corrected chi connectivity index (χ3v) is 4.31. The highest BCUT2D eigenvalue weighted by atomic mass is 19.4. The summed E-state index contributed by atoms with van der Waals surface area (Å²) in [5.74, 6) is 0. The Bertz CT molecular complexity index is 732. The highest BCUT2D eigenvalue weighted by molar-refractivity contribution is 5.70. The van der Waals surface area contributed by atoms with E-state index in [-0.39, 0.29) is 6.54 Å². The summed E-state index contributed by atoms with van der Waals surface area (Å²) in [6.07, 6.45) is -3.17. The first-order chi connectivity index (χ1) is 12.9. The highest BCUT2D eigenvalue weighted by Gasteiger charge is 2.37. The van der Waals surface area contributed by atoms with Gasteiger partial charge in [-0.3, -0.25) is 10.1 Å². The molecule has 0 radical (unpaired) electrons. The summed E-state index contributed by atoms with van der Waals surface area (Å²) in [6.45, 7) is 5.55. The number of nitro benzene ring substituents is 1. The summed E-state index contributed by atoms with van der Waals surface area (Å²) in [6, 6.07) is 2.38. The fourth-order valence-electron chi connectivity index (χ4n) is 3.11. The van der Waals surface area contributed by atoms with Crippen LogP contribution in [-0.2, 0) is 10.9 Å². The third kappa shape index (κ3) is 5.49. The van der Waals surface area contributed by atoms with Crippen molar-refractivity contribution in [1.82, 2.24) is 4.90 Å². The number of carbonyl (C=O) groups excluding carboxylic acids is 1. The smallest absolute Gasteiger partial charge is 0.418 e. The first kappa shape index (κ1) is 21.8. The number of piperidine rings is 1. The van der Waals surface area contributed by atoms with Gasteiger partial charge in [-0.05, 0) is 46.1 Å². The Hall–Kier alpha value is -2.52. The summed E-state index contributed by atoms with van der Waals surface area (Å²) in [5, 5.41) is 13.8. The van der Waals surface area contributed by atoms with Crippen LogP contribution in [0.3, 0.4) is 0 Å². The van der Waals surface area contributed by atoms with E-state index in [1.54, 1.807) is 20.8 Å². The molecule has 28 heavy (non-hydrogen) atoms. The van der Waals surface area contributed by atoms with Crippen molar-refractivity contribution in [2.75, 3.05) is 18.4 Å². The Morgan fingerprint density at radius 2 is 2.00 bits per heavy atom. The minimum Gasteiger partial charge on any atom is -0.444 e. The zero-order valence-corrected chi connectivity index (χ0v) is 16.0. The van der Waals surface area contributed by atoms with E-state index in [0.29, 0.717) is 13.0 Å². The van der Waals surface area contributed by atoms with E-state index in [0.717, 1.165) is 31.0 Å². The van der Waals surface area contributed by atoms with Gasteiger partial charge >= 0.3 is 12.3 Å². The van der Waals surface area contributed by atoms with Gasteiger partial charge in [-0.25, -0.2) is 4.79 Å². The number of carbonyl (C=O) groups is 1. The number of likely N-dealkylation sites (tertiary alicyclic amines) is 1. The molecule has 0 aromatic heterocycles. The fourth-order valence-corrected chi connectivity index (χ4v) is 3.11. The summed E-state index contributed by atoms with van der Waals surface area (Å²) in [4.78, 5) is 24.2. The molecule has 1 atom stereocenters. The van der Waals surface area contributed by atoms with Crippen molar-refractivity contribution >= 4 is 17.5 Å². The average Bonchev–Trinajstić information content (AvgIpc) is 2.57. The van der Waals surface area contributed by atoms with Gasteiger partial charge in [-0.15, -0.1) is 0 Å². The summed E-state index contributed by atoms with van der Waals surface area (Å²) >= 11 is 0. The van der Waals surface area contributed by atoms with Gasteiger partial charge in [0.2, 0.25) is 0 Å². The van der Waals surface area contributed by atoms with Gasteiger partial charge in [-0.1, -0.05) is 6.07 Å². The van der Waals surface area contributed by atoms with Gasteiger partial charge in [0.1, 0.15) is 11.3 Å². The molecular formula is C18H24F3N3O4. The van der Waals surface area contributed by atoms with Crippen LogP contribution in [0.5, 0.6) is 0 Å². The molecule has 0 aliphatic carbocycles. The van der Waals surface area contributed by atoms with Crippen molar-refractivity contribution in [1.29, 1.82) is 0 Å². The zero-order valence-electron chi connectivity index (χ0n) is 16.0. The van der Waals surface area contributed by atoms with Gasteiger partial charge in [0, 0.05) is 19.2 Å². The number of halogens is 3. The molecule has 7 nitrogen and oxygen atoms in total. The summed E-state index contributed by atoms with van der Waals surface area (Å²) < 4.78 is 45.3. The predicted octanol–water partition coefficient (Wildman–Crippen LogP) is 4.82. The van der Waals surface area contributed by atoms with Crippen LogP contribution >= 0.6 is 0 Å². The minimum atomic E-state index is -4.74. The molecule has 1 amide bonds. The first-order valence-electron chi connectivity index (χ1n) is 8.98. The number of nitrogens with one attached hydrogen (secondary N) is 1. The molecule has 1 heterocycles. The van der Waals surface area contributed by atoms with Crippen LogP contribution in [0.1, 0.15) is 45.6 Å². The number of para-hydroxylation sites is 1. The maximum Gasteiger partial charge on any atom is 0.418 e. The van der Waals surface area contributed by atoms with Crippen LogP contribution in [0, 0.1) is 10.1 Å². The van der Waals surface area contributed by atoms with Gasteiger partial charge in [0.05, 0.1) is 16.5 Å². The second-order valence-corrected chi connectivity index (χ2v) is 7.66. The van der Waals surface area contributed by atoms with Crippen molar-refractivity contribution in [3.05, 3.63) is 33.9 Å². The van der Waals surface area contributed by atoms with E-state index in [1.807, 2.05) is 0 Å². The van der Waals surface area contributed by atoms with Crippen LogP contribution < -0.4 is 5.32 Å². The molecule has 1 aliphatic rings. The number of alkyl halides is 3. The quantitative estimate of drug-likeness (QED) is 0.576. The topological polar surface area (TPSA) is 84.7 Å². The van der Waals surface area contributed by atoms with E-state index < -0.39 is 45.8 Å². The maximum atomic E-state index is 13.3. The molecule has 1 unspecified atom stereocenters. The highest BCUT2D eigenvalue weighted by Crippen LogP contribution is 2.39. The van der Waals surface area contributed by atoms with Crippen molar-refractivity contribution in [2.45, 2.75) is 57.9 Å².